The molecule has 1 unspecified atom stereocenters. The highest BCUT2D eigenvalue weighted by Gasteiger charge is 2.33. The molecule has 0 aliphatic rings. The van der Waals surface area contributed by atoms with E-state index in [4.69, 9.17) is 0 Å². The topological polar surface area (TPSA) is 44.4 Å². The van der Waals surface area contributed by atoms with Gasteiger partial charge in [-0.1, -0.05) is 51.2 Å². The first-order chi connectivity index (χ1) is 10.0. The van der Waals surface area contributed by atoms with Gasteiger partial charge in [-0.25, -0.2) is 0 Å². The van der Waals surface area contributed by atoms with Crippen molar-refractivity contribution in [2.24, 2.45) is 5.41 Å². The van der Waals surface area contributed by atoms with Crippen LogP contribution in [0.2, 0.25) is 0 Å². The number of hydrogen-bond acceptors (Lipinski definition) is 3. The van der Waals surface area contributed by atoms with E-state index in [1.807, 2.05) is 34.0 Å². The lowest BCUT2D eigenvalue weighted by atomic mass is 9.85. The van der Waals surface area contributed by atoms with Crippen molar-refractivity contribution in [3.8, 4) is 0 Å². The molecule has 0 rings (SSSR count). The Kier molecular flexibility index (Phi) is 8.17. The summed E-state index contributed by atoms with van der Waals surface area (Å²) in [4.78, 5) is 14.5. The number of carbonyl (C=O) groups excluding carboxylic acids is 1. The van der Waals surface area contributed by atoms with Gasteiger partial charge in [0.15, 0.2) is 0 Å². The lowest BCUT2D eigenvalue weighted by Gasteiger charge is -2.34. The Morgan fingerprint density at radius 3 is 2.23 bits per heavy atom. The van der Waals surface area contributed by atoms with Gasteiger partial charge in [-0.2, -0.15) is 0 Å². The lowest BCUT2D eigenvalue weighted by Crippen LogP contribution is -2.52. The molecule has 4 nitrogen and oxygen atoms in total. The maximum absolute atomic E-state index is 12.8. The van der Waals surface area contributed by atoms with Gasteiger partial charge in [-0.05, 0) is 26.3 Å². The summed E-state index contributed by atoms with van der Waals surface area (Å²) in [5.74, 6) is 0.0653. The Bertz CT molecular complexity index is 444. The third kappa shape index (κ3) is 6.94. The van der Waals surface area contributed by atoms with Gasteiger partial charge < -0.3 is 15.5 Å². The van der Waals surface area contributed by atoms with Crippen molar-refractivity contribution in [2.45, 2.75) is 40.7 Å². The summed E-state index contributed by atoms with van der Waals surface area (Å²) in [6, 6.07) is -0.308. The molecule has 0 saturated heterocycles. The Labute approximate surface area is 136 Å². The summed E-state index contributed by atoms with van der Waals surface area (Å²) >= 11 is 0. The molecule has 0 bridgehead atoms. The molecule has 1 amide bonds. The molecule has 2 N–H and O–H groups in total. The summed E-state index contributed by atoms with van der Waals surface area (Å²) in [7, 11) is 3.68. The molecule has 1 atom stereocenters. The molecule has 0 spiro atoms. The van der Waals surface area contributed by atoms with Gasteiger partial charge in [-0.15, -0.1) is 0 Å². The number of nitrogens with one attached hydrogen (secondary N) is 2. The van der Waals surface area contributed by atoms with Gasteiger partial charge in [0.05, 0.1) is 0 Å². The molecular weight excluding hydrogens is 274 g/mol. The molecule has 0 aliphatic heterocycles. The zero-order valence-corrected chi connectivity index (χ0v) is 15.3. The third-order valence-corrected chi connectivity index (χ3v) is 3.57. The highest BCUT2D eigenvalue weighted by atomic mass is 16.2. The van der Waals surface area contributed by atoms with Crippen molar-refractivity contribution >= 4 is 5.91 Å². The maximum Gasteiger partial charge on any atom is 0.245 e. The van der Waals surface area contributed by atoms with Crippen molar-refractivity contribution in [1.82, 2.24) is 15.5 Å². The Morgan fingerprint density at radius 1 is 1.27 bits per heavy atom. The minimum atomic E-state index is -0.308. The van der Waals surface area contributed by atoms with E-state index in [9.17, 15) is 4.79 Å². The molecule has 126 valence electrons. The molecule has 0 aromatic rings. The van der Waals surface area contributed by atoms with E-state index < -0.39 is 0 Å². The van der Waals surface area contributed by atoms with E-state index in [2.05, 4.69) is 44.6 Å². The summed E-state index contributed by atoms with van der Waals surface area (Å²) in [5, 5.41) is 6.30. The Balaban J connectivity index is 5.00. The SMILES string of the molecule is C=C(CNC)NC(C(=O)N(C)C/C=C(\C)C(=C)C)C(C)(C)C. The number of allylic oxidation sites excluding steroid dienone is 2. The summed E-state index contributed by atoms with van der Waals surface area (Å²) in [6.07, 6.45) is 2.03. The van der Waals surface area contributed by atoms with Gasteiger partial charge in [0.2, 0.25) is 5.91 Å². The second kappa shape index (κ2) is 8.79. The van der Waals surface area contributed by atoms with E-state index in [1.54, 1.807) is 4.90 Å². The normalized spacial score (nSPS) is 13.5. The van der Waals surface area contributed by atoms with Crippen LogP contribution in [0.15, 0.2) is 36.1 Å². The van der Waals surface area contributed by atoms with Crippen LogP contribution in [0.25, 0.3) is 0 Å². The van der Waals surface area contributed by atoms with Crippen LogP contribution in [0, 0.1) is 5.41 Å². The van der Waals surface area contributed by atoms with Crippen molar-refractivity contribution in [1.29, 1.82) is 0 Å². The van der Waals surface area contributed by atoms with E-state index in [-0.39, 0.29) is 17.4 Å². The maximum atomic E-state index is 12.8. The predicted molar refractivity (Wildman–Crippen MR) is 95.7 cm³/mol. The first kappa shape index (κ1) is 20.5. The first-order valence-electron chi connectivity index (χ1n) is 7.67. The summed E-state index contributed by atoms with van der Waals surface area (Å²) in [5.41, 5.74) is 2.75. The number of likely N-dealkylation sites (N-methyl/N-ethyl adjacent to an activating group) is 2. The molecule has 0 aromatic carbocycles. The number of nitrogens with zero attached hydrogens (tertiary/aromatic N) is 1. The fraction of sp³-hybridized carbons (Fsp3) is 0.611. The highest BCUT2D eigenvalue weighted by molar-refractivity contribution is 5.83. The molecule has 4 heteroatoms. The lowest BCUT2D eigenvalue weighted by molar-refractivity contribution is -0.134. The third-order valence-electron chi connectivity index (χ3n) is 3.57. The van der Waals surface area contributed by atoms with Gasteiger partial charge in [0, 0.05) is 25.8 Å². The van der Waals surface area contributed by atoms with E-state index >= 15 is 0 Å². The Hall–Kier alpha value is -1.55. The monoisotopic (exact) mass is 307 g/mol. The van der Waals surface area contributed by atoms with Crippen LogP contribution in [0.3, 0.4) is 0 Å². The van der Waals surface area contributed by atoms with Crippen molar-refractivity contribution in [2.75, 3.05) is 27.2 Å². The molecule has 0 saturated carbocycles. The van der Waals surface area contributed by atoms with Crippen LogP contribution in [-0.4, -0.2) is 44.0 Å². The van der Waals surface area contributed by atoms with Crippen LogP contribution < -0.4 is 10.6 Å². The van der Waals surface area contributed by atoms with E-state index in [0.717, 1.165) is 16.8 Å². The van der Waals surface area contributed by atoms with Crippen LogP contribution in [0.4, 0.5) is 0 Å². The summed E-state index contributed by atoms with van der Waals surface area (Å²) < 4.78 is 0. The van der Waals surface area contributed by atoms with Crippen LogP contribution >= 0.6 is 0 Å². The summed E-state index contributed by atoms with van der Waals surface area (Å²) in [6.45, 7) is 19.2. The molecule has 22 heavy (non-hydrogen) atoms. The second-order valence-corrected chi connectivity index (χ2v) is 6.96. The molecular formula is C18H33N3O. The van der Waals surface area contributed by atoms with E-state index in [1.165, 1.54) is 0 Å². The first-order valence-corrected chi connectivity index (χ1v) is 7.67. The molecule has 0 fully saturated rings. The minimum Gasteiger partial charge on any atom is -0.376 e. The molecule has 0 radical (unpaired) electrons. The van der Waals surface area contributed by atoms with Gasteiger partial charge in [0.25, 0.3) is 0 Å². The number of rotatable bonds is 8. The van der Waals surface area contributed by atoms with Crippen molar-refractivity contribution in [3.05, 3.63) is 36.1 Å². The van der Waals surface area contributed by atoms with Crippen LogP contribution in [-0.2, 0) is 4.79 Å². The van der Waals surface area contributed by atoms with Crippen molar-refractivity contribution < 1.29 is 4.79 Å². The zero-order valence-electron chi connectivity index (χ0n) is 15.3. The van der Waals surface area contributed by atoms with Gasteiger partial charge in [0.1, 0.15) is 6.04 Å². The number of amides is 1. The quantitative estimate of drug-likeness (QED) is 0.678. The zero-order chi connectivity index (χ0) is 17.5. The minimum absolute atomic E-state index is 0.0653. The Morgan fingerprint density at radius 2 is 1.82 bits per heavy atom. The molecule has 0 heterocycles. The fourth-order valence-electron chi connectivity index (χ4n) is 1.88. The predicted octanol–water partition coefficient (Wildman–Crippen LogP) is 2.70. The van der Waals surface area contributed by atoms with Crippen LogP contribution in [0.5, 0.6) is 0 Å². The second-order valence-electron chi connectivity index (χ2n) is 6.96. The van der Waals surface area contributed by atoms with E-state index in [0.29, 0.717) is 13.1 Å². The van der Waals surface area contributed by atoms with Gasteiger partial charge >= 0.3 is 0 Å². The number of hydrogen-bond donors (Lipinski definition) is 2. The standard InChI is InChI=1S/C18H33N3O/c1-13(2)14(3)10-11-21(9)17(22)16(18(5,6)7)20-15(4)12-19-8/h10,16,19-20H,1,4,11-12H2,2-3,5-9H3/b14-10+. The average Bonchev–Trinajstić information content (AvgIpc) is 2.39. The average molecular weight is 307 g/mol. The van der Waals surface area contributed by atoms with Crippen LogP contribution in [0.1, 0.15) is 34.6 Å². The number of carbonyl (C=O) groups is 1. The smallest absolute Gasteiger partial charge is 0.245 e. The highest BCUT2D eigenvalue weighted by Crippen LogP contribution is 2.22. The van der Waals surface area contributed by atoms with Crippen molar-refractivity contribution in [3.63, 3.8) is 0 Å². The van der Waals surface area contributed by atoms with Gasteiger partial charge in [-0.3, -0.25) is 4.79 Å². The fourth-order valence-corrected chi connectivity index (χ4v) is 1.88. The molecule has 0 aromatic heterocycles. The largest absolute Gasteiger partial charge is 0.376 e. The molecule has 0 aliphatic carbocycles.